The van der Waals surface area contributed by atoms with Gasteiger partial charge in [0.15, 0.2) is 0 Å². The average Bonchev–Trinajstić information content (AvgIpc) is 3.16. The van der Waals surface area contributed by atoms with E-state index >= 15 is 0 Å². The molecule has 0 bridgehead atoms. The maximum Gasteiger partial charge on any atom is -0.00821 e. The van der Waals surface area contributed by atoms with Crippen LogP contribution in [0.25, 0.3) is 5.57 Å². The number of benzene rings is 1. The molecule has 0 nitrogen and oxygen atoms in total. The minimum Gasteiger partial charge on any atom is -0.103 e. The molecule has 0 heteroatoms. The van der Waals surface area contributed by atoms with Crippen molar-refractivity contribution in [1.82, 2.24) is 0 Å². The van der Waals surface area contributed by atoms with E-state index in [2.05, 4.69) is 62.1 Å². The van der Waals surface area contributed by atoms with Crippen molar-refractivity contribution in [3.8, 4) is 0 Å². The third kappa shape index (κ3) is 3.00. The quantitative estimate of drug-likeness (QED) is 0.603. The van der Waals surface area contributed by atoms with Crippen molar-refractivity contribution >= 4 is 5.57 Å². The van der Waals surface area contributed by atoms with Gasteiger partial charge in [-0.1, -0.05) is 54.7 Å². The molecule has 1 aromatic carbocycles. The van der Waals surface area contributed by atoms with Gasteiger partial charge in [-0.2, -0.15) is 0 Å². The Labute approximate surface area is 127 Å². The van der Waals surface area contributed by atoms with Crippen LogP contribution >= 0.6 is 0 Å². The van der Waals surface area contributed by atoms with Crippen LogP contribution in [-0.2, 0) is 6.42 Å². The van der Waals surface area contributed by atoms with Gasteiger partial charge >= 0.3 is 0 Å². The molecule has 0 amide bonds. The van der Waals surface area contributed by atoms with Gasteiger partial charge in [0.2, 0.25) is 0 Å². The second kappa shape index (κ2) is 6.13. The third-order valence-corrected chi connectivity index (χ3v) is 4.31. The highest BCUT2D eigenvalue weighted by Crippen LogP contribution is 2.33. The predicted molar refractivity (Wildman–Crippen MR) is 92.2 cm³/mol. The van der Waals surface area contributed by atoms with E-state index in [0.29, 0.717) is 0 Å². The lowest BCUT2D eigenvalue weighted by atomic mass is 9.97. The van der Waals surface area contributed by atoms with Crippen molar-refractivity contribution in [3.05, 3.63) is 89.1 Å². The Balaban J connectivity index is 1.79. The van der Waals surface area contributed by atoms with E-state index in [4.69, 9.17) is 0 Å². The molecule has 21 heavy (non-hydrogen) atoms. The fourth-order valence-corrected chi connectivity index (χ4v) is 3.03. The van der Waals surface area contributed by atoms with E-state index < -0.39 is 0 Å². The maximum atomic E-state index is 3.81. The molecule has 0 aliphatic heterocycles. The smallest absolute Gasteiger partial charge is 0.00821 e. The molecule has 0 aromatic heterocycles. The highest BCUT2D eigenvalue weighted by Gasteiger charge is 2.12. The molecular weight excluding hydrogens is 252 g/mol. The Bertz CT molecular complexity index is 678. The number of rotatable bonds is 5. The van der Waals surface area contributed by atoms with Gasteiger partial charge in [0.05, 0.1) is 0 Å². The summed E-state index contributed by atoms with van der Waals surface area (Å²) in [7, 11) is 0. The van der Waals surface area contributed by atoms with E-state index in [1.165, 1.54) is 33.4 Å². The van der Waals surface area contributed by atoms with Gasteiger partial charge in [-0.15, -0.1) is 6.58 Å². The van der Waals surface area contributed by atoms with Gasteiger partial charge in [-0.3, -0.25) is 0 Å². The average molecular weight is 274 g/mol. The van der Waals surface area contributed by atoms with E-state index in [9.17, 15) is 0 Å². The molecule has 106 valence electrons. The van der Waals surface area contributed by atoms with Crippen molar-refractivity contribution in [3.63, 3.8) is 0 Å². The van der Waals surface area contributed by atoms with Gasteiger partial charge < -0.3 is 0 Å². The highest BCUT2D eigenvalue weighted by atomic mass is 14.2. The Hall–Kier alpha value is -2.08. The maximum absolute atomic E-state index is 3.81. The normalized spacial score (nSPS) is 16.7. The summed E-state index contributed by atoms with van der Waals surface area (Å²) < 4.78 is 0. The number of aryl methyl sites for hydroxylation is 2. The zero-order valence-corrected chi connectivity index (χ0v) is 12.7. The van der Waals surface area contributed by atoms with Crippen LogP contribution in [0.5, 0.6) is 0 Å². The predicted octanol–water partition coefficient (Wildman–Crippen LogP) is 5.71. The first kappa shape index (κ1) is 13.9. The molecule has 1 aromatic rings. The molecule has 0 N–H and O–H groups in total. The largest absolute Gasteiger partial charge is 0.103 e. The van der Waals surface area contributed by atoms with Crippen molar-refractivity contribution in [2.24, 2.45) is 0 Å². The van der Waals surface area contributed by atoms with Crippen LogP contribution in [-0.4, -0.2) is 0 Å². The summed E-state index contributed by atoms with van der Waals surface area (Å²) in [6, 6.07) is 6.88. The van der Waals surface area contributed by atoms with E-state index in [-0.39, 0.29) is 0 Å². The van der Waals surface area contributed by atoms with Gasteiger partial charge in [-0.25, -0.2) is 0 Å². The van der Waals surface area contributed by atoms with Crippen molar-refractivity contribution in [2.75, 3.05) is 0 Å². The molecule has 0 atom stereocenters. The summed E-state index contributed by atoms with van der Waals surface area (Å²) in [5.41, 5.74) is 8.39. The molecule has 0 spiro atoms. The summed E-state index contributed by atoms with van der Waals surface area (Å²) in [4.78, 5) is 0. The number of hydrogen-bond acceptors (Lipinski definition) is 0. The molecule has 0 fully saturated rings. The summed E-state index contributed by atoms with van der Waals surface area (Å²) in [5.74, 6) is 0. The van der Waals surface area contributed by atoms with Crippen molar-refractivity contribution < 1.29 is 0 Å². The third-order valence-electron chi connectivity index (χ3n) is 4.31. The molecule has 2 aliphatic rings. The second-order valence-electron chi connectivity index (χ2n) is 5.80. The first-order valence-corrected chi connectivity index (χ1v) is 7.76. The van der Waals surface area contributed by atoms with Gasteiger partial charge in [0, 0.05) is 0 Å². The number of hydrogen-bond donors (Lipinski definition) is 0. The molecule has 2 aliphatic carbocycles. The van der Waals surface area contributed by atoms with Crippen molar-refractivity contribution in [2.45, 2.75) is 32.6 Å². The number of allylic oxidation sites excluding steroid dienone is 9. The molecule has 3 rings (SSSR count). The van der Waals surface area contributed by atoms with Crippen LogP contribution in [0.2, 0.25) is 0 Å². The van der Waals surface area contributed by atoms with Gasteiger partial charge in [0.1, 0.15) is 0 Å². The second-order valence-corrected chi connectivity index (χ2v) is 5.80. The van der Waals surface area contributed by atoms with Gasteiger partial charge in [0.25, 0.3) is 0 Å². The molecular formula is C21H22. The molecule has 0 heterocycles. The Morgan fingerprint density at radius 2 is 2.10 bits per heavy atom. The first-order chi connectivity index (χ1) is 10.3. The zero-order valence-electron chi connectivity index (χ0n) is 12.7. The Kier molecular flexibility index (Phi) is 4.06. The lowest BCUT2D eigenvalue weighted by Crippen LogP contribution is -1.91. The molecule has 0 unspecified atom stereocenters. The van der Waals surface area contributed by atoms with E-state index in [1.54, 1.807) is 0 Å². The fourth-order valence-electron chi connectivity index (χ4n) is 3.03. The Morgan fingerprint density at radius 1 is 1.19 bits per heavy atom. The van der Waals surface area contributed by atoms with E-state index in [1.807, 2.05) is 6.08 Å². The summed E-state index contributed by atoms with van der Waals surface area (Å²) in [6.45, 7) is 6.02. The van der Waals surface area contributed by atoms with Crippen LogP contribution in [0.3, 0.4) is 0 Å². The summed E-state index contributed by atoms with van der Waals surface area (Å²) >= 11 is 0. The molecule has 0 saturated carbocycles. The fraction of sp³-hybridized carbons (Fsp3) is 0.238. The summed E-state index contributed by atoms with van der Waals surface area (Å²) in [5, 5.41) is 0. The minimum atomic E-state index is 1.05. The first-order valence-electron chi connectivity index (χ1n) is 7.76. The van der Waals surface area contributed by atoms with Gasteiger partial charge in [-0.05, 0) is 66.0 Å². The van der Waals surface area contributed by atoms with Crippen LogP contribution in [0.15, 0.2) is 72.4 Å². The molecule has 0 radical (unpaired) electrons. The minimum absolute atomic E-state index is 1.05. The van der Waals surface area contributed by atoms with Crippen molar-refractivity contribution in [1.29, 1.82) is 0 Å². The van der Waals surface area contributed by atoms with Crippen LogP contribution in [0.4, 0.5) is 0 Å². The molecule has 0 saturated heterocycles. The van der Waals surface area contributed by atoms with E-state index in [0.717, 1.165) is 25.7 Å². The lowest BCUT2D eigenvalue weighted by molar-refractivity contribution is 0.989. The summed E-state index contributed by atoms with van der Waals surface area (Å²) in [6.07, 6.45) is 17.7. The Morgan fingerprint density at radius 3 is 2.81 bits per heavy atom. The SMILES string of the molecule is C=CCCc1ccc(C2=CC(C3=CCC=C3)=CC2)cc1C. The van der Waals surface area contributed by atoms with Crippen LogP contribution < -0.4 is 0 Å². The lowest BCUT2D eigenvalue weighted by Gasteiger charge is -2.08. The van der Waals surface area contributed by atoms with Crippen LogP contribution in [0.1, 0.15) is 36.0 Å². The van der Waals surface area contributed by atoms with Crippen LogP contribution in [0, 0.1) is 6.92 Å². The highest BCUT2D eigenvalue weighted by molar-refractivity contribution is 5.76. The standard InChI is InChI=1S/C21H22/c1-3-4-7-17-10-11-19(14-16(17)2)21-13-12-20(15-21)18-8-5-6-9-18/h3,5,8-12,14-15H,1,4,6-7,13H2,2H3. The zero-order chi connectivity index (χ0) is 14.7. The monoisotopic (exact) mass is 274 g/mol. The topological polar surface area (TPSA) is 0 Å².